The molecule has 1 fully saturated rings. The fourth-order valence-corrected chi connectivity index (χ4v) is 3.52. The predicted octanol–water partition coefficient (Wildman–Crippen LogP) is 4.25. The molecule has 0 radical (unpaired) electrons. The third kappa shape index (κ3) is 5.02. The third-order valence-electron chi connectivity index (χ3n) is 5.32. The lowest BCUT2D eigenvalue weighted by atomic mass is 10.2. The molecule has 1 aliphatic rings. The summed E-state index contributed by atoms with van der Waals surface area (Å²) in [6, 6.07) is 20.9. The maximum atomic E-state index is 12.5. The topological polar surface area (TPSA) is 58.0 Å². The van der Waals surface area contributed by atoms with Gasteiger partial charge in [-0.25, -0.2) is 0 Å². The molecular formula is C24H27N3O3. The molecule has 0 unspecified atom stereocenters. The maximum absolute atomic E-state index is 12.5. The Hall–Kier alpha value is -3.25. The summed E-state index contributed by atoms with van der Waals surface area (Å²) in [6.45, 7) is 7.81. The molecule has 6 nitrogen and oxygen atoms in total. The number of nitrogens with zero attached hydrogens (tertiary/aromatic N) is 2. The van der Waals surface area contributed by atoms with Crippen molar-refractivity contribution in [1.29, 1.82) is 0 Å². The zero-order chi connectivity index (χ0) is 20.8. The van der Waals surface area contributed by atoms with Gasteiger partial charge in [0.2, 0.25) is 0 Å². The van der Waals surface area contributed by atoms with Gasteiger partial charge in [0.15, 0.2) is 5.76 Å². The normalized spacial score (nSPS) is 14.5. The molecule has 0 spiro atoms. The van der Waals surface area contributed by atoms with Crippen LogP contribution in [0.4, 0.5) is 11.4 Å². The maximum Gasteiger partial charge on any atom is 0.291 e. The highest BCUT2D eigenvalue weighted by Gasteiger charge is 2.16. The molecule has 3 aromatic rings. The number of hydrogen-bond donors (Lipinski definition) is 1. The first-order chi connectivity index (χ1) is 14.7. The van der Waals surface area contributed by atoms with Gasteiger partial charge in [-0.2, -0.15) is 0 Å². The molecule has 0 bridgehead atoms. The molecule has 2 heterocycles. The molecule has 1 aromatic heterocycles. The number of carbonyl (C=O) groups excluding carboxylic acids is 1. The highest BCUT2D eigenvalue weighted by molar-refractivity contribution is 6.02. The molecule has 0 saturated carbocycles. The first-order valence-corrected chi connectivity index (χ1v) is 10.4. The van der Waals surface area contributed by atoms with Crippen LogP contribution in [0.5, 0.6) is 5.75 Å². The van der Waals surface area contributed by atoms with Crippen molar-refractivity contribution in [2.24, 2.45) is 0 Å². The molecule has 1 N–H and O–H groups in total. The number of furan rings is 1. The monoisotopic (exact) mass is 405 g/mol. The van der Waals surface area contributed by atoms with Gasteiger partial charge in [0, 0.05) is 37.6 Å². The van der Waals surface area contributed by atoms with E-state index in [1.807, 2.05) is 42.5 Å². The highest BCUT2D eigenvalue weighted by atomic mass is 16.5. The smallest absolute Gasteiger partial charge is 0.291 e. The van der Waals surface area contributed by atoms with Gasteiger partial charge in [0.25, 0.3) is 5.91 Å². The van der Waals surface area contributed by atoms with Gasteiger partial charge in [0.1, 0.15) is 18.1 Å². The summed E-state index contributed by atoms with van der Waals surface area (Å²) in [5.41, 5.74) is 1.93. The van der Waals surface area contributed by atoms with Crippen molar-refractivity contribution in [2.75, 3.05) is 42.9 Å². The van der Waals surface area contributed by atoms with Crippen molar-refractivity contribution in [3.8, 4) is 5.75 Å². The fourth-order valence-electron chi connectivity index (χ4n) is 3.52. The number of para-hydroxylation sites is 1. The summed E-state index contributed by atoms with van der Waals surface area (Å²) in [5, 5.41) is 2.89. The lowest BCUT2D eigenvalue weighted by Crippen LogP contribution is -2.46. The standard InChI is InChI=1S/C24H27N3O3/c1-2-26-14-16-27(17-15-26)20-10-8-19(9-11-20)25-24(28)23-13-12-22(30-23)18-29-21-6-4-3-5-7-21/h3-13H,2,14-18H2,1H3,(H,25,28). The summed E-state index contributed by atoms with van der Waals surface area (Å²) in [5.74, 6) is 1.35. The minimum absolute atomic E-state index is 0.265. The van der Waals surface area contributed by atoms with Gasteiger partial charge in [-0.1, -0.05) is 25.1 Å². The Morgan fingerprint density at radius 3 is 2.40 bits per heavy atom. The van der Waals surface area contributed by atoms with E-state index in [2.05, 4.69) is 34.2 Å². The first-order valence-electron chi connectivity index (χ1n) is 10.4. The molecule has 30 heavy (non-hydrogen) atoms. The molecule has 2 aromatic carbocycles. The number of hydrogen-bond acceptors (Lipinski definition) is 5. The minimum Gasteiger partial charge on any atom is -0.486 e. The lowest BCUT2D eigenvalue weighted by Gasteiger charge is -2.35. The molecule has 0 aliphatic carbocycles. The van der Waals surface area contributed by atoms with Crippen molar-refractivity contribution in [3.63, 3.8) is 0 Å². The Kier molecular flexibility index (Phi) is 6.35. The van der Waals surface area contributed by atoms with E-state index in [1.54, 1.807) is 12.1 Å². The van der Waals surface area contributed by atoms with Crippen molar-refractivity contribution in [1.82, 2.24) is 4.90 Å². The number of anilines is 2. The number of benzene rings is 2. The van der Waals surface area contributed by atoms with Crippen molar-refractivity contribution >= 4 is 17.3 Å². The Morgan fingerprint density at radius 2 is 1.70 bits per heavy atom. The molecule has 4 rings (SSSR count). The van der Waals surface area contributed by atoms with Gasteiger partial charge >= 0.3 is 0 Å². The first kappa shape index (κ1) is 20.0. The summed E-state index contributed by atoms with van der Waals surface area (Å²) < 4.78 is 11.3. The second-order valence-electron chi connectivity index (χ2n) is 7.29. The van der Waals surface area contributed by atoms with E-state index in [4.69, 9.17) is 9.15 Å². The molecule has 6 heteroatoms. The number of rotatable bonds is 7. The average Bonchev–Trinajstić information content (AvgIpc) is 3.28. The van der Waals surface area contributed by atoms with Crippen LogP contribution in [0.15, 0.2) is 71.1 Å². The highest BCUT2D eigenvalue weighted by Crippen LogP contribution is 2.21. The van der Waals surface area contributed by atoms with Crippen LogP contribution < -0.4 is 15.0 Å². The Labute approximate surface area is 177 Å². The second-order valence-corrected chi connectivity index (χ2v) is 7.29. The molecule has 1 aliphatic heterocycles. The van der Waals surface area contributed by atoms with Gasteiger partial charge in [0.05, 0.1) is 0 Å². The second kappa shape index (κ2) is 9.50. The van der Waals surface area contributed by atoms with Crippen molar-refractivity contribution < 1.29 is 13.9 Å². The SMILES string of the molecule is CCN1CCN(c2ccc(NC(=O)c3ccc(COc4ccccc4)o3)cc2)CC1. The van der Waals surface area contributed by atoms with E-state index < -0.39 is 0 Å². The molecule has 1 saturated heterocycles. The third-order valence-corrected chi connectivity index (χ3v) is 5.32. The van der Waals surface area contributed by atoms with E-state index in [-0.39, 0.29) is 18.3 Å². The molecular weight excluding hydrogens is 378 g/mol. The Bertz CT molecular complexity index is 945. The van der Waals surface area contributed by atoms with E-state index in [9.17, 15) is 4.79 Å². The van der Waals surface area contributed by atoms with Gasteiger partial charge in [-0.3, -0.25) is 4.79 Å². The van der Waals surface area contributed by atoms with Crippen molar-refractivity contribution in [2.45, 2.75) is 13.5 Å². The number of ether oxygens (including phenoxy) is 1. The summed E-state index contributed by atoms with van der Waals surface area (Å²) in [6.07, 6.45) is 0. The van der Waals surface area contributed by atoms with Crippen LogP contribution in [-0.2, 0) is 6.61 Å². The molecule has 1 amide bonds. The minimum atomic E-state index is -0.273. The quantitative estimate of drug-likeness (QED) is 0.637. The fraction of sp³-hybridized carbons (Fsp3) is 0.292. The van der Waals surface area contributed by atoms with Crippen LogP contribution in [-0.4, -0.2) is 43.5 Å². The lowest BCUT2D eigenvalue weighted by molar-refractivity contribution is 0.0992. The van der Waals surface area contributed by atoms with E-state index in [1.165, 1.54) is 5.69 Å². The average molecular weight is 405 g/mol. The Balaban J connectivity index is 1.30. The van der Waals surface area contributed by atoms with Crippen LogP contribution >= 0.6 is 0 Å². The van der Waals surface area contributed by atoms with Crippen LogP contribution in [0.3, 0.4) is 0 Å². The van der Waals surface area contributed by atoms with Gasteiger partial charge in [-0.05, 0) is 55.1 Å². The van der Waals surface area contributed by atoms with E-state index in [0.29, 0.717) is 5.76 Å². The molecule has 0 atom stereocenters. The largest absolute Gasteiger partial charge is 0.486 e. The number of piperazine rings is 1. The zero-order valence-corrected chi connectivity index (χ0v) is 17.2. The Morgan fingerprint density at radius 1 is 0.967 bits per heavy atom. The van der Waals surface area contributed by atoms with Gasteiger partial charge in [-0.15, -0.1) is 0 Å². The molecule has 156 valence electrons. The van der Waals surface area contributed by atoms with E-state index in [0.717, 1.165) is 44.2 Å². The van der Waals surface area contributed by atoms with E-state index >= 15 is 0 Å². The number of carbonyl (C=O) groups is 1. The van der Waals surface area contributed by atoms with Crippen molar-refractivity contribution in [3.05, 3.63) is 78.3 Å². The number of likely N-dealkylation sites (N-methyl/N-ethyl adjacent to an activating group) is 1. The summed E-state index contributed by atoms with van der Waals surface area (Å²) in [4.78, 5) is 17.3. The zero-order valence-electron chi connectivity index (χ0n) is 17.2. The van der Waals surface area contributed by atoms with Crippen LogP contribution in [0.1, 0.15) is 23.2 Å². The van der Waals surface area contributed by atoms with Crippen LogP contribution in [0.25, 0.3) is 0 Å². The number of nitrogens with one attached hydrogen (secondary N) is 1. The predicted molar refractivity (Wildman–Crippen MR) is 118 cm³/mol. The van der Waals surface area contributed by atoms with Gasteiger partial charge < -0.3 is 24.3 Å². The van der Waals surface area contributed by atoms with Crippen LogP contribution in [0, 0.1) is 0 Å². The summed E-state index contributed by atoms with van der Waals surface area (Å²) >= 11 is 0. The van der Waals surface area contributed by atoms with Crippen LogP contribution in [0.2, 0.25) is 0 Å². The number of amides is 1. The summed E-state index contributed by atoms with van der Waals surface area (Å²) in [7, 11) is 0.